The van der Waals surface area contributed by atoms with E-state index in [0.717, 1.165) is 17.1 Å². The van der Waals surface area contributed by atoms with Crippen LogP contribution in [0.3, 0.4) is 0 Å². The first-order valence-electron chi connectivity index (χ1n) is 6.00. The normalized spacial score (nSPS) is 10.6. The summed E-state index contributed by atoms with van der Waals surface area (Å²) in [7, 11) is 5.29. The van der Waals surface area contributed by atoms with Gasteiger partial charge in [0, 0.05) is 33.3 Å². The smallest absolute Gasteiger partial charge is 0.241 e. The van der Waals surface area contributed by atoms with Gasteiger partial charge in [0.2, 0.25) is 5.91 Å². The molecule has 1 aromatic heterocycles. The average molecular weight is 254 g/mol. The Labute approximate surface area is 108 Å². The van der Waals surface area contributed by atoms with Crippen LogP contribution in [0.1, 0.15) is 18.2 Å². The van der Waals surface area contributed by atoms with Gasteiger partial charge in [-0.2, -0.15) is 5.10 Å². The molecule has 0 aromatic carbocycles. The van der Waals surface area contributed by atoms with Crippen molar-refractivity contribution >= 4 is 11.7 Å². The second-order valence-corrected chi connectivity index (χ2v) is 4.47. The summed E-state index contributed by atoms with van der Waals surface area (Å²) >= 11 is 0. The van der Waals surface area contributed by atoms with Crippen LogP contribution in [0, 0.1) is 6.92 Å². The number of anilines is 1. The number of hydrogen-bond donors (Lipinski definition) is 1. The third kappa shape index (κ3) is 2.81. The minimum atomic E-state index is -0.0678. The van der Waals surface area contributed by atoms with Gasteiger partial charge in [0.1, 0.15) is 5.82 Å². The predicted molar refractivity (Wildman–Crippen MR) is 70.4 cm³/mol. The number of nitrogens with zero attached hydrogens (tertiary/aromatic N) is 4. The number of carbonyl (C=O) groups is 1. The van der Waals surface area contributed by atoms with Crippen LogP contribution in [0.5, 0.6) is 0 Å². The Morgan fingerprint density at radius 2 is 2.06 bits per heavy atom. The Bertz CT molecular complexity index is 426. The molecule has 102 valence electrons. The van der Waals surface area contributed by atoms with E-state index in [-0.39, 0.29) is 19.1 Å². The molecule has 1 rings (SSSR count). The summed E-state index contributed by atoms with van der Waals surface area (Å²) in [6.07, 6.45) is 0. The fraction of sp³-hybridized carbons (Fsp3) is 0.667. The largest absolute Gasteiger partial charge is 0.391 e. The van der Waals surface area contributed by atoms with Gasteiger partial charge in [-0.3, -0.25) is 9.48 Å². The second kappa shape index (κ2) is 5.86. The first kappa shape index (κ1) is 14.5. The summed E-state index contributed by atoms with van der Waals surface area (Å²) in [5, 5.41) is 13.7. The molecule has 0 bridgehead atoms. The van der Waals surface area contributed by atoms with E-state index in [1.165, 1.54) is 0 Å². The number of aromatic nitrogens is 2. The topological polar surface area (TPSA) is 61.6 Å². The predicted octanol–water partition coefficient (Wildman–Crippen LogP) is 0.135. The Kier molecular flexibility index (Phi) is 4.72. The van der Waals surface area contributed by atoms with Crippen molar-refractivity contribution in [1.29, 1.82) is 0 Å². The number of amides is 1. The third-order valence-electron chi connectivity index (χ3n) is 2.98. The van der Waals surface area contributed by atoms with Crippen LogP contribution < -0.4 is 4.90 Å². The molecule has 1 heterocycles. The second-order valence-electron chi connectivity index (χ2n) is 4.47. The zero-order valence-electron chi connectivity index (χ0n) is 11.8. The van der Waals surface area contributed by atoms with Gasteiger partial charge in [-0.1, -0.05) is 0 Å². The van der Waals surface area contributed by atoms with Gasteiger partial charge in [0.05, 0.1) is 18.8 Å². The van der Waals surface area contributed by atoms with Crippen LogP contribution in [0.2, 0.25) is 0 Å². The van der Waals surface area contributed by atoms with E-state index >= 15 is 0 Å². The molecule has 0 aliphatic carbocycles. The molecule has 6 heteroatoms. The molecular formula is C12H22N4O2. The maximum Gasteiger partial charge on any atom is 0.241 e. The quantitative estimate of drug-likeness (QED) is 0.811. The van der Waals surface area contributed by atoms with Crippen molar-refractivity contribution in [3.63, 3.8) is 0 Å². The maximum atomic E-state index is 11.8. The van der Waals surface area contributed by atoms with Gasteiger partial charge in [-0.15, -0.1) is 0 Å². The molecule has 0 aliphatic rings. The van der Waals surface area contributed by atoms with E-state index in [2.05, 4.69) is 5.10 Å². The molecule has 0 radical (unpaired) electrons. The number of likely N-dealkylation sites (N-methyl/N-ethyl adjacent to an activating group) is 2. The van der Waals surface area contributed by atoms with Crippen LogP contribution in [0.15, 0.2) is 0 Å². The highest BCUT2D eigenvalue weighted by atomic mass is 16.3. The lowest BCUT2D eigenvalue weighted by Crippen LogP contribution is -2.37. The van der Waals surface area contributed by atoms with Crippen molar-refractivity contribution in [3.8, 4) is 0 Å². The van der Waals surface area contributed by atoms with E-state index in [0.29, 0.717) is 6.54 Å². The van der Waals surface area contributed by atoms with Gasteiger partial charge in [0.25, 0.3) is 0 Å². The maximum absolute atomic E-state index is 11.8. The number of carbonyl (C=O) groups excluding carboxylic acids is 1. The lowest BCUT2D eigenvalue weighted by atomic mass is 10.2. The molecule has 1 aromatic rings. The fourth-order valence-electron chi connectivity index (χ4n) is 1.91. The molecule has 0 aliphatic heterocycles. The summed E-state index contributed by atoms with van der Waals surface area (Å²) in [4.78, 5) is 15.3. The van der Waals surface area contributed by atoms with Crippen molar-refractivity contribution in [2.45, 2.75) is 20.5 Å². The number of aliphatic hydroxyl groups excluding tert-OH is 1. The number of rotatable bonds is 5. The zero-order chi connectivity index (χ0) is 13.9. The summed E-state index contributed by atoms with van der Waals surface area (Å²) in [6, 6.07) is 0. The third-order valence-corrected chi connectivity index (χ3v) is 2.98. The van der Waals surface area contributed by atoms with Crippen molar-refractivity contribution in [3.05, 3.63) is 11.3 Å². The fourth-order valence-corrected chi connectivity index (χ4v) is 1.91. The Balaban J connectivity index is 3.05. The highest BCUT2D eigenvalue weighted by Crippen LogP contribution is 2.22. The summed E-state index contributed by atoms with van der Waals surface area (Å²) in [6.45, 7) is 4.74. The highest BCUT2D eigenvalue weighted by molar-refractivity contribution is 5.81. The van der Waals surface area contributed by atoms with Gasteiger partial charge in [-0.05, 0) is 13.8 Å². The van der Waals surface area contributed by atoms with Crippen LogP contribution in [0.4, 0.5) is 5.82 Å². The van der Waals surface area contributed by atoms with Gasteiger partial charge in [0.15, 0.2) is 0 Å². The molecule has 0 atom stereocenters. The average Bonchev–Trinajstić information content (AvgIpc) is 2.60. The molecule has 0 saturated heterocycles. The highest BCUT2D eigenvalue weighted by Gasteiger charge is 2.20. The Hall–Kier alpha value is -1.56. The van der Waals surface area contributed by atoms with Crippen LogP contribution in [-0.4, -0.2) is 52.9 Å². The van der Waals surface area contributed by atoms with Gasteiger partial charge < -0.3 is 14.9 Å². The molecule has 6 nitrogen and oxygen atoms in total. The monoisotopic (exact) mass is 254 g/mol. The molecule has 0 fully saturated rings. The van der Waals surface area contributed by atoms with Crippen molar-refractivity contribution in [1.82, 2.24) is 14.7 Å². The molecule has 0 spiro atoms. The zero-order valence-corrected chi connectivity index (χ0v) is 11.8. The van der Waals surface area contributed by atoms with Crippen LogP contribution >= 0.6 is 0 Å². The Morgan fingerprint density at radius 1 is 1.44 bits per heavy atom. The standard InChI is InChI=1S/C12H22N4O2/c1-6-16(7-11(18)14(3)4)12-10(8-17)9(2)13-15(12)5/h17H,6-8H2,1-5H3. The number of aryl methyl sites for hydroxylation is 2. The van der Waals surface area contributed by atoms with E-state index in [4.69, 9.17) is 0 Å². The molecule has 1 amide bonds. The van der Waals surface area contributed by atoms with Crippen molar-refractivity contribution in [2.75, 3.05) is 32.1 Å². The Morgan fingerprint density at radius 3 is 2.50 bits per heavy atom. The SMILES string of the molecule is CCN(CC(=O)N(C)C)c1c(CO)c(C)nn1C. The molecule has 0 saturated carbocycles. The molecule has 18 heavy (non-hydrogen) atoms. The lowest BCUT2D eigenvalue weighted by molar-refractivity contribution is -0.127. The molecular weight excluding hydrogens is 232 g/mol. The van der Waals surface area contributed by atoms with Gasteiger partial charge in [-0.25, -0.2) is 0 Å². The van der Waals surface area contributed by atoms with E-state index in [9.17, 15) is 9.90 Å². The summed E-state index contributed by atoms with van der Waals surface area (Å²) in [5.41, 5.74) is 1.58. The van der Waals surface area contributed by atoms with E-state index in [1.807, 2.05) is 25.8 Å². The number of hydrogen-bond acceptors (Lipinski definition) is 4. The van der Waals surface area contributed by atoms with Crippen molar-refractivity contribution < 1.29 is 9.90 Å². The lowest BCUT2D eigenvalue weighted by Gasteiger charge is -2.25. The molecule has 1 N–H and O–H groups in total. The minimum Gasteiger partial charge on any atom is -0.391 e. The molecule has 0 unspecified atom stereocenters. The minimum absolute atomic E-state index is 0.0274. The van der Waals surface area contributed by atoms with Crippen LogP contribution in [-0.2, 0) is 18.4 Å². The first-order chi connectivity index (χ1) is 8.42. The van der Waals surface area contributed by atoms with Crippen molar-refractivity contribution in [2.24, 2.45) is 7.05 Å². The summed E-state index contributed by atoms with van der Waals surface area (Å²) in [5.74, 6) is 0.840. The van der Waals surface area contributed by atoms with E-state index in [1.54, 1.807) is 23.7 Å². The van der Waals surface area contributed by atoms with Crippen LogP contribution in [0.25, 0.3) is 0 Å². The first-order valence-corrected chi connectivity index (χ1v) is 6.00. The number of aliphatic hydroxyl groups is 1. The summed E-state index contributed by atoms with van der Waals surface area (Å²) < 4.78 is 1.72. The van der Waals surface area contributed by atoms with Gasteiger partial charge >= 0.3 is 0 Å². The van der Waals surface area contributed by atoms with E-state index < -0.39 is 0 Å².